The van der Waals surface area contributed by atoms with E-state index in [9.17, 15) is 9.59 Å². The molecular weight excluding hydrogens is 414 g/mol. The first-order valence-corrected chi connectivity index (χ1v) is 11.5. The molecule has 0 fully saturated rings. The SMILES string of the molecule is CCCCC(CC)C(=O)OCCOCCOCCOCCNC(=O)OCc1ccccc1. The van der Waals surface area contributed by atoms with Crippen LogP contribution in [0.25, 0.3) is 0 Å². The van der Waals surface area contributed by atoms with E-state index in [-0.39, 0.29) is 25.1 Å². The number of ether oxygens (including phenoxy) is 5. The van der Waals surface area contributed by atoms with Crippen LogP contribution in [0.3, 0.4) is 0 Å². The van der Waals surface area contributed by atoms with Gasteiger partial charge in [0.25, 0.3) is 0 Å². The van der Waals surface area contributed by atoms with Gasteiger partial charge in [0, 0.05) is 6.54 Å². The molecular formula is C24H39NO7. The highest BCUT2D eigenvalue weighted by Gasteiger charge is 2.16. The van der Waals surface area contributed by atoms with Crippen molar-refractivity contribution in [2.75, 3.05) is 52.8 Å². The Bertz CT molecular complexity index is 597. The average molecular weight is 454 g/mol. The molecule has 1 atom stereocenters. The summed E-state index contributed by atoms with van der Waals surface area (Å²) in [6.07, 6.45) is 3.35. The number of hydrogen-bond donors (Lipinski definition) is 1. The Kier molecular flexibility index (Phi) is 17.0. The summed E-state index contributed by atoms with van der Waals surface area (Å²) in [4.78, 5) is 23.5. The molecule has 1 aromatic rings. The fourth-order valence-corrected chi connectivity index (χ4v) is 2.80. The van der Waals surface area contributed by atoms with Crippen LogP contribution in [0.1, 0.15) is 45.1 Å². The van der Waals surface area contributed by atoms with E-state index in [1.807, 2.05) is 37.3 Å². The van der Waals surface area contributed by atoms with Gasteiger partial charge >= 0.3 is 12.1 Å². The maximum Gasteiger partial charge on any atom is 0.407 e. The van der Waals surface area contributed by atoms with Crippen molar-refractivity contribution in [1.29, 1.82) is 0 Å². The zero-order chi connectivity index (χ0) is 23.3. The van der Waals surface area contributed by atoms with E-state index in [2.05, 4.69) is 12.2 Å². The first-order valence-electron chi connectivity index (χ1n) is 11.5. The molecule has 0 heterocycles. The molecule has 1 amide bonds. The van der Waals surface area contributed by atoms with Crippen LogP contribution in [0.15, 0.2) is 30.3 Å². The molecule has 0 aromatic heterocycles. The molecule has 0 radical (unpaired) electrons. The summed E-state index contributed by atoms with van der Waals surface area (Å²) in [6, 6.07) is 9.50. The van der Waals surface area contributed by atoms with Crippen molar-refractivity contribution in [3.63, 3.8) is 0 Å². The second-order valence-corrected chi connectivity index (χ2v) is 7.24. The third-order valence-corrected chi connectivity index (χ3v) is 4.68. The predicted octanol–water partition coefficient (Wildman–Crippen LogP) is 3.72. The third-order valence-electron chi connectivity index (χ3n) is 4.68. The summed E-state index contributed by atoms with van der Waals surface area (Å²) in [5, 5.41) is 2.63. The largest absolute Gasteiger partial charge is 0.463 e. The van der Waals surface area contributed by atoms with Gasteiger partial charge in [-0.05, 0) is 18.4 Å². The molecule has 0 aliphatic carbocycles. The van der Waals surface area contributed by atoms with Crippen LogP contribution in [0.4, 0.5) is 4.79 Å². The fraction of sp³-hybridized carbons (Fsp3) is 0.667. The van der Waals surface area contributed by atoms with Crippen molar-refractivity contribution < 1.29 is 33.3 Å². The van der Waals surface area contributed by atoms with Gasteiger partial charge in [-0.1, -0.05) is 57.0 Å². The lowest BCUT2D eigenvalue weighted by atomic mass is 10.00. The van der Waals surface area contributed by atoms with Gasteiger partial charge in [-0.25, -0.2) is 4.79 Å². The minimum atomic E-state index is -0.470. The normalized spacial score (nSPS) is 11.7. The number of amides is 1. The van der Waals surface area contributed by atoms with Crippen LogP contribution in [0.2, 0.25) is 0 Å². The predicted molar refractivity (Wildman–Crippen MR) is 121 cm³/mol. The van der Waals surface area contributed by atoms with Crippen molar-refractivity contribution in [3.8, 4) is 0 Å². The first-order chi connectivity index (χ1) is 15.7. The molecule has 1 unspecified atom stereocenters. The highest BCUT2D eigenvalue weighted by molar-refractivity contribution is 5.72. The van der Waals surface area contributed by atoms with E-state index >= 15 is 0 Å². The molecule has 1 aromatic carbocycles. The lowest BCUT2D eigenvalue weighted by molar-refractivity contribution is -0.150. The number of rotatable bonds is 19. The molecule has 0 saturated carbocycles. The molecule has 8 nitrogen and oxygen atoms in total. The highest BCUT2D eigenvalue weighted by Crippen LogP contribution is 2.14. The van der Waals surface area contributed by atoms with Crippen LogP contribution in [-0.2, 0) is 35.1 Å². The summed E-state index contributed by atoms with van der Waals surface area (Å²) in [7, 11) is 0. The lowest BCUT2D eigenvalue weighted by Gasteiger charge is -2.13. The second kappa shape index (κ2) is 19.5. The van der Waals surface area contributed by atoms with Crippen molar-refractivity contribution in [2.24, 2.45) is 5.92 Å². The molecule has 1 N–H and O–H groups in total. The Balaban J connectivity index is 1.84. The molecule has 0 bridgehead atoms. The Morgan fingerprint density at radius 1 is 0.844 bits per heavy atom. The van der Waals surface area contributed by atoms with Gasteiger partial charge in [-0.3, -0.25) is 4.79 Å². The van der Waals surface area contributed by atoms with Gasteiger partial charge in [-0.15, -0.1) is 0 Å². The highest BCUT2D eigenvalue weighted by atomic mass is 16.6. The van der Waals surface area contributed by atoms with E-state index in [4.69, 9.17) is 23.7 Å². The maximum absolute atomic E-state index is 11.9. The van der Waals surface area contributed by atoms with Gasteiger partial charge in [0.05, 0.1) is 45.6 Å². The number of carbonyl (C=O) groups is 2. The minimum Gasteiger partial charge on any atom is -0.463 e. The number of hydrogen-bond acceptors (Lipinski definition) is 7. The Labute approximate surface area is 191 Å². The summed E-state index contributed by atoms with van der Waals surface area (Å²) >= 11 is 0. The van der Waals surface area contributed by atoms with Crippen molar-refractivity contribution in [2.45, 2.75) is 46.1 Å². The zero-order valence-electron chi connectivity index (χ0n) is 19.5. The quantitative estimate of drug-likeness (QED) is 0.252. The van der Waals surface area contributed by atoms with Crippen LogP contribution < -0.4 is 5.32 Å². The van der Waals surface area contributed by atoms with Crippen LogP contribution >= 0.6 is 0 Å². The van der Waals surface area contributed by atoms with Gasteiger partial charge in [0.1, 0.15) is 13.2 Å². The van der Waals surface area contributed by atoms with E-state index in [0.717, 1.165) is 31.2 Å². The maximum atomic E-state index is 11.9. The van der Waals surface area contributed by atoms with Gasteiger partial charge in [0.15, 0.2) is 0 Å². The number of unbranched alkanes of at least 4 members (excludes halogenated alkanes) is 1. The Morgan fingerprint density at radius 3 is 2.09 bits per heavy atom. The molecule has 32 heavy (non-hydrogen) atoms. The van der Waals surface area contributed by atoms with Crippen molar-refractivity contribution in [1.82, 2.24) is 5.32 Å². The average Bonchev–Trinajstić information content (AvgIpc) is 2.81. The number of alkyl carbamates (subject to hydrolysis) is 1. The number of benzene rings is 1. The van der Waals surface area contributed by atoms with E-state index in [1.165, 1.54) is 0 Å². The van der Waals surface area contributed by atoms with Crippen molar-refractivity contribution >= 4 is 12.1 Å². The summed E-state index contributed by atoms with van der Waals surface area (Å²) in [5.74, 6) is -0.134. The van der Waals surface area contributed by atoms with Crippen LogP contribution in [-0.4, -0.2) is 64.9 Å². The third kappa shape index (κ3) is 14.8. The molecule has 1 rings (SSSR count). The van der Waals surface area contributed by atoms with E-state index in [1.54, 1.807) is 0 Å². The molecule has 182 valence electrons. The van der Waals surface area contributed by atoms with Crippen LogP contribution in [0.5, 0.6) is 0 Å². The summed E-state index contributed by atoms with van der Waals surface area (Å²) < 4.78 is 26.6. The fourth-order valence-electron chi connectivity index (χ4n) is 2.80. The Morgan fingerprint density at radius 2 is 1.47 bits per heavy atom. The standard InChI is InChI=1S/C24H39NO7/c1-3-5-11-22(4-2)23(26)31-19-18-30-17-16-29-15-14-28-13-12-25-24(27)32-20-21-9-7-6-8-10-21/h6-10,22H,3-5,11-20H2,1-2H3,(H,25,27). The van der Waals surface area contributed by atoms with Gasteiger partial charge in [-0.2, -0.15) is 0 Å². The molecule has 8 heteroatoms. The molecule has 0 aliphatic rings. The van der Waals surface area contributed by atoms with Crippen LogP contribution in [0, 0.1) is 5.92 Å². The molecule has 0 saturated heterocycles. The summed E-state index contributed by atoms with van der Waals surface area (Å²) in [6.45, 7) is 7.48. The van der Waals surface area contributed by atoms with E-state index < -0.39 is 6.09 Å². The van der Waals surface area contributed by atoms with Gasteiger partial charge in [0.2, 0.25) is 0 Å². The number of esters is 1. The lowest BCUT2D eigenvalue weighted by Crippen LogP contribution is -2.28. The Hall–Kier alpha value is -2.16. The first kappa shape index (κ1) is 27.9. The topological polar surface area (TPSA) is 92.3 Å². The van der Waals surface area contributed by atoms with Gasteiger partial charge < -0.3 is 29.0 Å². The second-order valence-electron chi connectivity index (χ2n) is 7.24. The van der Waals surface area contributed by atoms with E-state index in [0.29, 0.717) is 46.2 Å². The minimum absolute atomic E-state index is 0.00609. The monoisotopic (exact) mass is 453 g/mol. The summed E-state index contributed by atoms with van der Waals surface area (Å²) in [5.41, 5.74) is 0.939. The number of nitrogens with one attached hydrogen (secondary N) is 1. The van der Waals surface area contributed by atoms with Crippen molar-refractivity contribution in [3.05, 3.63) is 35.9 Å². The smallest absolute Gasteiger partial charge is 0.407 e. The molecule has 0 spiro atoms. The number of carbonyl (C=O) groups excluding carboxylic acids is 2. The molecule has 0 aliphatic heterocycles. The zero-order valence-corrected chi connectivity index (χ0v) is 19.5.